The first-order valence-electron chi connectivity index (χ1n) is 6.12. The van der Waals surface area contributed by atoms with Crippen molar-refractivity contribution in [3.05, 3.63) is 70.3 Å². The number of rotatable bonds is 3. The number of hydrogen-bond donors (Lipinski definition) is 0. The van der Waals surface area contributed by atoms with E-state index < -0.39 is 11.6 Å². The van der Waals surface area contributed by atoms with Gasteiger partial charge in [0, 0.05) is 10.9 Å². The van der Waals surface area contributed by atoms with Gasteiger partial charge in [-0.15, -0.1) is 0 Å². The van der Waals surface area contributed by atoms with Gasteiger partial charge in [-0.05, 0) is 43.0 Å². The summed E-state index contributed by atoms with van der Waals surface area (Å²) in [4.78, 5) is 0.0207. The summed E-state index contributed by atoms with van der Waals surface area (Å²) in [6.45, 7) is 4.06. The van der Waals surface area contributed by atoms with E-state index in [0.717, 1.165) is 17.2 Å². The smallest absolute Gasteiger partial charge is 0.129 e. The third-order valence-corrected chi connectivity index (χ3v) is 4.00. The third kappa shape index (κ3) is 3.41. The molecule has 0 saturated heterocycles. The van der Waals surface area contributed by atoms with Crippen LogP contribution in [0.1, 0.15) is 27.1 Å². The lowest BCUT2D eigenvalue weighted by Crippen LogP contribution is -2.01. The molecule has 19 heavy (non-hydrogen) atoms. The maximum absolute atomic E-state index is 13.6. The van der Waals surface area contributed by atoms with Crippen LogP contribution in [0.25, 0.3) is 0 Å². The Morgan fingerprint density at radius 2 is 1.79 bits per heavy atom. The van der Waals surface area contributed by atoms with E-state index in [-0.39, 0.29) is 4.83 Å². The topological polar surface area (TPSA) is 0 Å². The van der Waals surface area contributed by atoms with Crippen LogP contribution < -0.4 is 0 Å². The van der Waals surface area contributed by atoms with E-state index in [1.54, 1.807) is 0 Å². The van der Waals surface area contributed by atoms with Crippen LogP contribution in [0.4, 0.5) is 8.78 Å². The van der Waals surface area contributed by atoms with Crippen molar-refractivity contribution in [3.8, 4) is 0 Å². The molecule has 0 amide bonds. The minimum atomic E-state index is -0.542. The Morgan fingerprint density at radius 3 is 2.47 bits per heavy atom. The van der Waals surface area contributed by atoms with Gasteiger partial charge in [-0.2, -0.15) is 0 Å². The fourth-order valence-corrected chi connectivity index (χ4v) is 2.93. The van der Waals surface area contributed by atoms with Crippen LogP contribution in [-0.2, 0) is 6.42 Å². The Bertz CT molecular complexity index is 593. The lowest BCUT2D eigenvalue weighted by molar-refractivity contribution is 0.571. The average Bonchev–Trinajstić information content (AvgIpc) is 2.35. The molecular formula is C16H15BrF2. The van der Waals surface area contributed by atoms with Crippen LogP contribution in [0.3, 0.4) is 0 Å². The standard InChI is InChI=1S/C16H15BrF2/c1-10-3-4-11(2)14(7-10)15(17)8-12-5-6-13(18)9-16(12)19/h3-7,9,15H,8H2,1-2H3. The van der Waals surface area contributed by atoms with E-state index in [2.05, 4.69) is 34.1 Å². The molecule has 0 aliphatic carbocycles. The SMILES string of the molecule is Cc1ccc(C)c(C(Br)Cc2ccc(F)cc2F)c1. The first kappa shape index (κ1) is 14.2. The van der Waals surface area contributed by atoms with Crippen molar-refractivity contribution in [2.24, 2.45) is 0 Å². The van der Waals surface area contributed by atoms with E-state index in [1.807, 2.05) is 13.8 Å². The van der Waals surface area contributed by atoms with Crippen molar-refractivity contribution in [1.82, 2.24) is 0 Å². The monoisotopic (exact) mass is 324 g/mol. The molecule has 1 unspecified atom stereocenters. The highest BCUT2D eigenvalue weighted by molar-refractivity contribution is 9.09. The molecular weight excluding hydrogens is 310 g/mol. The second kappa shape index (κ2) is 5.83. The molecule has 2 aromatic rings. The summed E-state index contributed by atoms with van der Waals surface area (Å²) in [5, 5.41) is 0. The van der Waals surface area contributed by atoms with Crippen molar-refractivity contribution in [3.63, 3.8) is 0 Å². The molecule has 1 atom stereocenters. The minimum absolute atomic E-state index is 0.0207. The molecule has 3 heteroatoms. The molecule has 0 saturated carbocycles. The summed E-state index contributed by atoms with van der Waals surface area (Å²) >= 11 is 3.60. The van der Waals surface area contributed by atoms with E-state index in [0.29, 0.717) is 12.0 Å². The lowest BCUT2D eigenvalue weighted by atomic mass is 9.98. The van der Waals surface area contributed by atoms with Gasteiger partial charge in [0.2, 0.25) is 0 Å². The zero-order chi connectivity index (χ0) is 14.0. The fourth-order valence-electron chi connectivity index (χ4n) is 2.09. The Hall–Kier alpha value is -1.22. The Labute approximate surface area is 120 Å². The molecule has 2 aromatic carbocycles. The molecule has 0 nitrogen and oxygen atoms in total. The minimum Gasteiger partial charge on any atom is -0.207 e. The largest absolute Gasteiger partial charge is 0.207 e. The van der Waals surface area contributed by atoms with Gasteiger partial charge in [0.15, 0.2) is 0 Å². The van der Waals surface area contributed by atoms with Gasteiger partial charge in [-0.1, -0.05) is 45.8 Å². The quantitative estimate of drug-likeness (QED) is 0.675. The van der Waals surface area contributed by atoms with Crippen molar-refractivity contribution in [2.45, 2.75) is 25.1 Å². The Morgan fingerprint density at radius 1 is 1.05 bits per heavy atom. The molecule has 2 rings (SSSR count). The molecule has 0 N–H and O–H groups in total. The van der Waals surface area contributed by atoms with Crippen molar-refractivity contribution >= 4 is 15.9 Å². The highest BCUT2D eigenvalue weighted by Gasteiger charge is 2.14. The molecule has 0 aliphatic rings. The van der Waals surface area contributed by atoms with Gasteiger partial charge in [-0.3, -0.25) is 0 Å². The third-order valence-electron chi connectivity index (χ3n) is 3.19. The summed E-state index contributed by atoms with van der Waals surface area (Å²) in [7, 11) is 0. The molecule has 0 bridgehead atoms. The fraction of sp³-hybridized carbons (Fsp3) is 0.250. The first-order chi connectivity index (χ1) is 8.97. The van der Waals surface area contributed by atoms with Gasteiger partial charge in [0.05, 0.1) is 0 Å². The van der Waals surface area contributed by atoms with Gasteiger partial charge >= 0.3 is 0 Å². The molecule has 0 aromatic heterocycles. The van der Waals surface area contributed by atoms with Crippen LogP contribution in [0, 0.1) is 25.5 Å². The van der Waals surface area contributed by atoms with Crippen molar-refractivity contribution in [2.75, 3.05) is 0 Å². The summed E-state index contributed by atoms with van der Waals surface area (Å²) < 4.78 is 26.5. The summed E-state index contributed by atoms with van der Waals surface area (Å²) in [6, 6.07) is 9.93. The van der Waals surface area contributed by atoms with Gasteiger partial charge in [0.25, 0.3) is 0 Å². The second-order valence-corrected chi connectivity index (χ2v) is 5.87. The van der Waals surface area contributed by atoms with Gasteiger partial charge < -0.3 is 0 Å². The highest BCUT2D eigenvalue weighted by atomic mass is 79.9. The Balaban J connectivity index is 2.25. The highest BCUT2D eigenvalue weighted by Crippen LogP contribution is 2.31. The number of aryl methyl sites for hydroxylation is 2. The maximum Gasteiger partial charge on any atom is 0.129 e. The molecule has 0 aliphatic heterocycles. The zero-order valence-corrected chi connectivity index (χ0v) is 12.5. The van der Waals surface area contributed by atoms with E-state index in [9.17, 15) is 8.78 Å². The van der Waals surface area contributed by atoms with Crippen molar-refractivity contribution in [1.29, 1.82) is 0 Å². The number of halogens is 3. The molecule has 0 spiro atoms. The van der Waals surface area contributed by atoms with Crippen LogP contribution >= 0.6 is 15.9 Å². The molecule has 0 radical (unpaired) electrons. The predicted molar refractivity (Wildman–Crippen MR) is 77.6 cm³/mol. The molecule has 0 fully saturated rings. The zero-order valence-electron chi connectivity index (χ0n) is 10.9. The normalized spacial score (nSPS) is 12.5. The predicted octanol–water partition coefficient (Wildman–Crippen LogP) is 5.26. The summed E-state index contributed by atoms with van der Waals surface area (Å²) in [5.41, 5.74) is 3.99. The van der Waals surface area contributed by atoms with E-state index >= 15 is 0 Å². The number of benzene rings is 2. The maximum atomic E-state index is 13.6. The van der Waals surface area contributed by atoms with E-state index in [4.69, 9.17) is 0 Å². The second-order valence-electron chi connectivity index (χ2n) is 4.77. The summed E-state index contributed by atoms with van der Waals surface area (Å²) in [6.07, 6.45) is 0.496. The lowest BCUT2D eigenvalue weighted by Gasteiger charge is -2.14. The Kier molecular flexibility index (Phi) is 4.35. The van der Waals surface area contributed by atoms with Crippen LogP contribution in [0.15, 0.2) is 36.4 Å². The van der Waals surface area contributed by atoms with Crippen LogP contribution in [0.5, 0.6) is 0 Å². The van der Waals surface area contributed by atoms with Crippen LogP contribution in [0.2, 0.25) is 0 Å². The first-order valence-corrected chi connectivity index (χ1v) is 7.04. The molecule has 100 valence electrons. The average molecular weight is 325 g/mol. The molecule has 0 heterocycles. The van der Waals surface area contributed by atoms with Gasteiger partial charge in [0.1, 0.15) is 11.6 Å². The number of alkyl halides is 1. The van der Waals surface area contributed by atoms with E-state index in [1.165, 1.54) is 17.7 Å². The number of hydrogen-bond acceptors (Lipinski definition) is 0. The van der Waals surface area contributed by atoms with Crippen LogP contribution in [-0.4, -0.2) is 0 Å². The van der Waals surface area contributed by atoms with Crippen molar-refractivity contribution < 1.29 is 8.78 Å². The van der Waals surface area contributed by atoms with Gasteiger partial charge in [-0.25, -0.2) is 8.78 Å². The summed E-state index contributed by atoms with van der Waals surface area (Å²) in [5.74, 6) is -1.03.